The van der Waals surface area contributed by atoms with Crippen LogP contribution in [0.2, 0.25) is 0 Å². The van der Waals surface area contributed by atoms with E-state index in [-0.39, 0.29) is 12.2 Å². The molecule has 0 amide bonds. The van der Waals surface area contributed by atoms with Crippen LogP contribution in [0.25, 0.3) is 0 Å². The summed E-state index contributed by atoms with van der Waals surface area (Å²) in [6, 6.07) is 7.63. The van der Waals surface area contributed by atoms with E-state index in [4.69, 9.17) is 5.11 Å². The number of benzene rings is 1. The quantitative estimate of drug-likeness (QED) is 0.799. The Morgan fingerprint density at radius 3 is 2.70 bits per heavy atom. The number of hydrogen-bond donors (Lipinski definition) is 2. The zero-order valence-electron chi connectivity index (χ0n) is 11.6. The number of carbonyl (C=O) groups is 2. The Hall–Kier alpha value is -1.72. The smallest absolute Gasteiger partial charge is 0.305 e. The normalized spacial score (nSPS) is 16.4. The van der Waals surface area contributed by atoms with Gasteiger partial charge in [-0.15, -0.1) is 0 Å². The van der Waals surface area contributed by atoms with E-state index >= 15 is 0 Å². The molecule has 20 heavy (non-hydrogen) atoms. The number of likely N-dealkylation sites (N-methyl/N-ethyl adjacent to an activating group) is 1. The third-order valence-corrected chi connectivity index (χ3v) is 3.71. The summed E-state index contributed by atoms with van der Waals surface area (Å²) >= 11 is 0. The lowest BCUT2D eigenvalue weighted by molar-refractivity contribution is -0.139. The van der Waals surface area contributed by atoms with E-state index in [1.54, 1.807) is 7.05 Å². The SMILES string of the molecule is CN[C@@H](CC(=O)O)C(=O)CN1CCc2ccccc2C1. The summed E-state index contributed by atoms with van der Waals surface area (Å²) in [5, 5.41) is 11.6. The molecule has 0 bridgehead atoms. The first-order valence-corrected chi connectivity index (χ1v) is 6.81. The molecule has 0 aliphatic carbocycles. The minimum absolute atomic E-state index is 0.0609. The minimum atomic E-state index is -0.957. The Morgan fingerprint density at radius 1 is 1.35 bits per heavy atom. The number of Topliss-reactive ketones (excluding diaryl/α,β-unsaturated/α-hetero) is 1. The van der Waals surface area contributed by atoms with Crippen LogP contribution in [0.4, 0.5) is 0 Å². The van der Waals surface area contributed by atoms with Crippen molar-refractivity contribution in [2.75, 3.05) is 20.1 Å². The molecule has 0 saturated carbocycles. The summed E-state index contributed by atoms with van der Waals surface area (Å²) in [6.45, 7) is 1.89. The van der Waals surface area contributed by atoms with Crippen LogP contribution in [-0.4, -0.2) is 47.9 Å². The largest absolute Gasteiger partial charge is 0.481 e. The van der Waals surface area contributed by atoms with Gasteiger partial charge in [0.2, 0.25) is 0 Å². The van der Waals surface area contributed by atoms with Crippen molar-refractivity contribution in [3.8, 4) is 0 Å². The number of nitrogens with one attached hydrogen (secondary N) is 1. The lowest BCUT2D eigenvalue weighted by Crippen LogP contribution is -2.44. The summed E-state index contributed by atoms with van der Waals surface area (Å²) in [5.41, 5.74) is 2.60. The number of ketones is 1. The number of nitrogens with zero attached hydrogens (tertiary/aromatic N) is 1. The van der Waals surface area contributed by atoms with Crippen molar-refractivity contribution in [2.45, 2.75) is 25.4 Å². The van der Waals surface area contributed by atoms with E-state index in [9.17, 15) is 9.59 Å². The van der Waals surface area contributed by atoms with Gasteiger partial charge in [0.15, 0.2) is 5.78 Å². The number of hydrogen-bond acceptors (Lipinski definition) is 4. The first kappa shape index (κ1) is 14.7. The average Bonchev–Trinajstić information content (AvgIpc) is 2.44. The van der Waals surface area contributed by atoms with E-state index < -0.39 is 12.0 Å². The zero-order valence-corrected chi connectivity index (χ0v) is 11.6. The van der Waals surface area contributed by atoms with E-state index in [1.807, 2.05) is 12.1 Å². The van der Waals surface area contributed by atoms with Crippen LogP contribution in [0.1, 0.15) is 17.5 Å². The Kier molecular flexibility index (Phi) is 4.87. The van der Waals surface area contributed by atoms with Gasteiger partial charge in [0.05, 0.1) is 19.0 Å². The van der Waals surface area contributed by atoms with Crippen LogP contribution >= 0.6 is 0 Å². The number of aliphatic carboxylic acids is 1. The molecule has 1 aliphatic heterocycles. The predicted molar refractivity (Wildman–Crippen MR) is 75.5 cm³/mol. The standard InChI is InChI=1S/C15H20N2O3/c1-16-13(8-15(19)20)14(18)10-17-7-6-11-4-2-3-5-12(11)9-17/h2-5,13,16H,6-10H2,1H3,(H,19,20)/t13-/m0/s1. The van der Waals surface area contributed by atoms with Gasteiger partial charge in [-0.05, 0) is 24.6 Å². The summed E-state index contributed by atoms with van der Waals surface area (Å²) < 4.78 is 0. The fourth-order valence-corrected chi connectivity index (χ4v) is 2.57. The van der Waals surface area contributed by atoms with E-state index in [1.165, 1.54) is 11.1 Å². The molecule has 1 heterocycles. The first-order valence-electron chi connectivity index (χ1n) is 6.81. The summed E-state index contributed by atoms with van der Waals surface area (Å²) in [6.07, 6.45) is 0.770. The lowest BCUT2D eigenvalue weighted by Gasteiger charge is -2.29. The minimum Gasteiger partial charge on any atom is -0.481 e. The fraction of sp³-hybridized carbons (Fsp3) is 0.467. The second-order valence-corrected chi connectivity index (χ2v) is 5.13. The van der Waals surface area contributed by atoms with Crippen LogP contribution in [0, 0.1) is 0 Å². The van der Waals surface area contributed by atoms with Gasteiger partial charge in [0.1, 0.15) is 0 Å². The van der Waals surface area contributed by atoms with Crippen LogP contribution in [0.15, 0.2) is 24.3 Å². The molecule has 108 valence electrons. The van der Waals surface area contributed by atoms with Crippen molar-refractivity contribution in [2.24, 2.45) is 0 Å². The van der Waals surface area contributed by atoms with Crippen molar-refractivity contribution in [3.05, 3.63) is 35.4 Å². The van der Waals surface area contributed by atoms with Crippen molar-refractivity contribution in [3.63, 3.8) is 0 Å². The first-order chi connectivity index (χ1) is 9.60. The van der Waals surface area contributed by atoms with Gasteiger partial charge in [-0.3, -0.25) is 14.5 Å². The Labute approximate surface area is 118 Å². The molecule has 1 aliphatic rings. The molecule has 0 saturated heterocycles. The molecular formula is C15H20N2O3. The summed E-state index contributed by atoms with van der Waals surface area (Å²) in [4.78, 5) is 24.9. The lowest BCUT2D eigenvalue weighted by atomic mass is 9.99. The second-order valence-electron chi connectivity index (χ2n) is 5.13. The summed E-state index contributed by atoms with van der Waals surface area (Å²) in [5.74, 6) is -1.02. The number of carboxylic acid groups (broad SMARTS) is 1. The van der Waals surface area contributed by atoms with Crippen LogP contribution < -0.4 is 5.32 Å². The highest BCUT2D eigenvalue weighted by Crippen LogP contribution is 2.18. The highest BCUT2D eigenvalue weighted by atomic mass is 16.4. The molecule has 2 N–H and O–H groups in total. The number of carboxylic acids is 1. The second kappa shape index (κ2) is 6.63. The monoisotopic (exact) mass is 276 g/mol. The molecule has 0 spiro atoms. The number of rotatable bonds is 6. The Bertz CT molecular complexity index is 502. The Morgan fingerprint density at radius 2 is 2.05 bits per heavy atom. The maximum absolute atomic E-state index is 12.1. The molecule has 1 aromatic carbocycles. The highest BCUT2D eigenvalue weighted by Gasteiger charge is 2.24. The van der Waals surface area contributed by atoms with Crippen molar-refractivity contribution in [1.82, 2.24) is 10.2 Å². The molecule has 2 rings (SSSR count). The average molecular weight is 276 g/mol. The van der Waals surface area contributed by atoms with E-state index in [2.05, 4.69) is 22.3 Å². The van der Waals surface area contributed by atoms with Crippen molar-refractivity contribution < 1.29 is 14.7 Å². The highest BCUT2D eigenvalue weighted by molar-refractivity contribution is 5.89. The fourth-order valence-electron chi connectivity index (χ4n) is 2.57. The van der Waals surface area contributed by atoms with Gasteiger partial charge < -0.3 is 10.4 Å². The maximum Gasteiger partial charge on any atom is 0.305 e. The van der Waals surface area contributed by atoms with Crippen LogP contribution in [0.3, 0.4) is 0 Å². The molecule has 0 unspecified atom stereocenters. The molecule has 1 aromatic rings. The molecule has 0 fully saturated rings. The third kappa shape index (κ3) is 3.65. The third-order valence-electron chi connectivity index (χ3n) is 3.71. The van der Waals surface area contributed by atoms with Gasteiger partial charge >= 0.3 is 5.97 Å². The maximum atomic E-state index is 12.1. The van der Waals surface area contributed by atoms with Gasteiger partial charge in [0, 0.05) is 13.1 Å². The van der Waals surface area contributed by atoms with Gasteiger partial charge in [-0.1, -0.05) is 24.3 Å². The van der Waals surface area contributed by atoms with Gasteiger partial charge in [-0.2, -0.15) is 0 Å². The molecular weight excluding hydrogens is 256 g/mol. The predicted octanol–water partition coefficient (Wildman–Crippen LogP) is 0.677. The molecule has 5 nitrogen and oxygen atoms in total. The molecule has 1 atom stereocenters. The zero-order chi connectivity index (χ0) is 14.5. The number of fused-ring (bicyclic) bond motifs is 1. The van der Waals surface area contributed by atoms with E-state index in [0.29, 0.717) is 6.54 Å². The molecule has 0 radical (unpaired) electrons. The van der Waals surface area contributed by atoms with Crippen LogP contribution in [0.5, 0.6) is 0 Å². The van der Waals surface area contributed by atoms with Gasteiger partial charge in [0.25, 0.3) is 0 Å². The topological polar surface area (TPSA) is 69.6 Å². The molecule has 5 heteroatoms. The molecule has 0 aromatic heterocycles. The number of carbonyl (C=O) groups excluding carboxylic acids is 1. The van der Waals surface area contributed by atoms with Crippen LogP contribution in [-0.2, 0) is 22.6 Å². The van der Waals surface area contributed by atoms with Crippen molar-refractivity contribution in [1.29, 1.82) is 0 Å². The van der Waals surface area contributed by atoms with Crippen molar-refractivity contribution >= 4 is 11.8 Å². The van der Waals surface area contributed by atoms with E-state index in [0.717, 1.165) is 19.5 Å². The van der Waals surface area contributed by atoms with Gasteiger partial charge in [-0.25, -0.2) is 0 Å². The summed E-state index contributed by atoms with van der Waals surface area (Å²) in [7, 11) is 1.62. The Balaban J connectivity index is 1.94.